The van der Waals surface area contributed by atoms with Gasteiger partial charge in [0.05, 0.1) is 12.6 Å². The molecule has 2 N–H and O–H groups in total. The molecule has 16 heavy (non-hydrogen) atoms. The molecule has 4 unspecified atom stereocenters. The van der Waals surface area contributed by atoms with Crippen LogP contribution in [0, 0.1) is 0 Å². The fourth-order valence-electron chi connectivity index (χ4n) is 2.52. The number of aliphatic hydroxyl groups excluding tert-OH is 1. The Labute approximate surface area is 98.0 Å². The minimum absolute atomic E-state index is 0.0104. The molecule has 1 aliphatic rings. The van der Waals surface area contributed by atoms with E-state index in [0.29, 0.717) is 12.1 Å². The summed E-state index contributed by atoms with van der Waals surface area (Å²) in [6.45, 7) is 8.08. The monoisotopic (exact) mass is 228 g/mol. The lowest BCUT2D eigenvalue weighted by atomic mass is 10.2. The van der Waals surface area contributed by atoms with Crippen molar-refractivity contribution in [1.29, 1.82) is 0 Å². The molecule has 1 aliphatic heterocycles. The van der Waals surface area contributed by atoms with Crippen LogP contribution in [0.2, 0.25) is 0 Å². The van der Waals surface area contributed by atoms with Gasteiger partial charge in [-0.3, -0.25) is 9.69 Å². The topological polar surface area (TPSA) is 52.6 Å². The van der Waals surface area contributed by atoms with Gasteiger partial charge in [-0.05, 0) is 40.5 Å². The van der Waals surface area contributed by atoms with Gasteiger partial charge in [0.25, 0.3) is 0 Å². The Hall–Kier alpha value is -0.610. The van der Waals surface area contributed by atoms with Crippen molar-refractivity contribution in [2.75, 3.05) is 6.61 Å². The summed E-state index contributed by atoms with van der Waals surface area (Å²) in [5, 5.41) is 11.7. The zero-order chi connectivity index (χ0) is 12.3. The maximum Gasteiger partial charge on any atom is 0.237 e. The van der Waals surface area contributed by atoms with E-state index in [1.165, 1.54) is 0 Å². The Balaban J connectivity index is 2.55. The zero-order valence-corrected chi connectivity index (χ0v) is 10.7. The van der Waals surface area contributed by atoms with Gasteiger partial charge >= 0.3 is 0 Å². The van der Waals surface area contributed by atoms with E-state index in [4.69, 9.17) is 5.11 Å². The Bertz CT molecular complexity index is 235. The molecule has 1 rings (SSSR count). The molecule has 0 radical (unpaired) electrons. The second-order valence-electron chi connectivity index (χ2n) is 4.99. The van der Waals surface area contributed by atoms with Gasteiger partial charge in [-0.2, -0.15) is 0 Å². The van der Waals surface area contributed by atoms with Crippen molar-refractivity contribution in [3.05, 3.63) is 0 Å². The first-order chi connectivity index (χ1) is 7.47. The first-order valence-electron chi connectivity index (χ1n) is 6.16. The van der Waals surface area contributed by atoms with Gasteiger partial charge in [0.2, 0.25) is 5.91 Å². The number of hydrogen-bond acceptors (Lipinski definition) is 3. The number of amides is 1. The lowest BCUT2D eigenvalue weighted by molar-refractivity contribution is -0.127. The summed E-state index contributed by atoms with van der Waals surface area (Å²) >= 11 is 0. The van der Waals surface area contributed by atoms with Crippen LogP contribution < -0.4 is 5.32 Å². The summed E-state index contributed by atoms with van der Waals surface area (Å²) in [6, 6.07) is 0.671. The van der Waals surface area contributed by atoms with Crippen LogP contribution in [0.3, 0.4) is 0 Å². The third-order valence-corrected chi connectivity index (χ3v) is 3.51. The maximum absolute atomic E-state index is 11.9. The highest BCUT2D eigenvalue weighted by atomic mass is 16.3. The SMILES string of the molecule is CC(CO)NC(=O)C(C)N1C(C)CCC1C. The van der Waals surface area contributed by atoms with Gasteiger partial charge in [-0.25, -0.2) is 0 Å². The zero-order valence-electron chi connectivity index (χ0n) is 10.7. The van der Waals surface area contributed by atoms with E-state index < -0.39 is 0 Å². The minimum Gasteiger partial charge on any atom is -0.394 e. The van der Waals surface area contributed by atoms with E-state index >= 15 is 0 Å². The van der Waals surface area contributed by atoms with Crippen molar-refractivity contribution < 1.29 is 9.90 Å². The lowest BCUT2D eigenvalue weighted by Gasteiger charge is -2.32. The summed E-state index contributed by atoms with van der Waals surface area (Å²) in [4.78, 5) is 14.2. The molecule has 0 spiro atoms. The first kappa shape index (κ1) is 13.5. The molecule has 1 amide bonds. The number of aliphatic hydroxyl groups is 1. The largest absolute Gasteiger partial charge is 0.394 e. The average molecular weight is 228 g/mol. The van der Waals surface area contributed by atoms with E-state index in [9.17, 15) is 4.79 Å². The molecule has 94 valence electrons. The van der Waals surface area contributed by atoms with E-state index in [-0.39, 0.29) is 24.6 Å². The molecule has 1 heterocycles. The van der Waals surface area contributed by atoms with E-state index in [1.807, 2.05) is 13.8 Å². The lowest BCUT2D eigenvalue weighted by Crippen LogP contribution is -2.51. The smallest absolute Gasteiger partial charge is 0.237 e. The summed E-state index contributed by atoms with van der Waals surface area (Å²) in [6.07, 6.45) is 2.32. The predicted molar refractivity (Wildman–Crippen MR) is 64.1 cm³/mol. The van der Waals surface area contributed by atoms with E-state index in [2.05, 4.69) is 24.1 Å². The molecule has 0 aliphatic carbocycles. The Morgan fingerprint density at radius 1 is 1.38 bits per heavy atom. The molecule has 4 atom stereocenters. The third-order valence-electron chi connectivity index (χ3n) is 3.51. The number of carbonyl (C=O) groups excluding carboxylic acids is 1. The summed E-state index contributed by atoms with van der Waals surface area (Å²) in [5.41, 5.74) is 0. The van der Waals surface area contributed by atoms with Gasteiger partial charge in [0.15, 0.2) is 0 Å². The van der Waals surface area contributed by atoms with Crippen LogP contribution in [0.1, 0.15) is 40.5 Å². The van der Waals surface area contributed by atoms with Gasteiger partial charge < -0.3 is 10.4 Å². The van der Waals surface area contributed by atoms with Gasteiger partial charge in [0, 0.05) is 18.1 Å². The molecular weight excluding hydrogens is 204 g/mol. The fourth-order valence-corrected chi connectivity index (χ4v) is 2.52. The molecule has 0 saturated carbocycles. The van der Waals surface area contributed by atoms with Crippen LogP contribution in [-0.4, -0.2) is 46.7 Å². The van der Waals surface area contributed by atoms with Crippen LogP contribution in [-0.2, 0) is 4.79 Å². The van der Waals surface area contributed by atoms with Crippen LogP contribution in [0.25, 0.3) is 0 Å². The van der Waals surface area contributed by atoms with Crippen LogP contribution in [0.4, 0.5) is 0 Å². The highest BCUT2D eigenvalue weighted by Crippen LogP contribution is 2.25. The molecule has 0 bridgehead atoms. The minimum atomic E-state index is -0.164. The highest BCUT2D eigenvalue weighted by molar-refractivity contribution is 5.81. The van der Waals surface area contributed by atoms with Crippen molar-refractivity contribution in [3.63, 3.8) is 0 Å². The maximum atomic E-state index is 11.9. The normalized spacial score (nSPS) is 30.1. The molecule has 4 heteroatoms. The molecule has 0 aromatic rings. The number of carbonyl (C=O) groups is 1. The number of hydrogen-bond donors (Lipinski definition) is 2. The fraction of sp³-hybridized carbons (Fsp3) is 0.917. The van der Waals surface area contributed by atoms with Crippen molar-refractivity contribution in [2.45, 2.75) is 64.7 Å². The second kappa shape index (κ2) is 5.64. The van der Waals surface area contributed by atoms with Gasteiger partial charge in [-0.15, -0.1) is 0 Å². The molecule has 0 aromatic carbocycles. The number of rotatable bonds is 4. The van der Waals surface area contributed by atoms with Gasteiger partial charge in [-0.1, -0.05) is 0 Å². The molecular formula is C12H24N2O2. The summed E-state index contributed by atoms with van der Waals surface area (Å²) < 4.78 is 0. The van der Waals surface area contributed by atoms with Gasteiger partial charge in [0.1, 0.15) is 0 Å². The molecule has 0 aromatic heterocycles. The Kier molecular flexibility index (Phi) is 4.74. The van der Waals surface area contributed by atoms with Crippen LogP contribution >= 0.6 is 0 Å². The Morgan fingerprint density at radius 3 is 2.31 bits per heavy atom. The quantitative estimate of drug-likeness (QED) is 0.746. The first-order valence-corrected chi connectivity index (χ1v) is 6.16. The van der Waals surface area contributed by atoms with Crippen molar-refractivity contribution in [3.8, 4) is 0 Å². The summed E-state index contributed by atoms with van der Waals surface area (Å²) in [5.74, 6) is 0.0159. The van der Waals surface area contributed by atoms with E-state index in [0.717, 1.165) is 12.8 Å². The number of nitrogens with zero attached hydrogens (tertiary/aromatic N) is 1. The number of nitrogens with one attached hydrogen (secondary N) is 1. The van der Waals surface area contributed by atoms with Crippen molar-refractivity contribution >= 4 is 5.91 Å². The molecule has 4 nitrogen and oxygen atoms in total. The predicted octanol–water partition coefficient (Wildman–Crippen LogP) is 0.745. The van der Waals surface area contributed by atoms with Crippen LogP contribution in [0.15, 0.2) is 0 Å². The molecule has 1 saturated heterocycles. The van der Waals surface area contributed by atoms with Crippen molar-refractivity contribution in [1.82, 2.24) is 10.2 Å². The Morgan fingerprint density at radius 2 is 1.88 bits per heavy atom. The third kappa shape index (κ3) is 2.95. The van der Waals surface area contributed by atoms with Crippen molar-refractivity contribution in [2.24, 2.45) is 0 Å². The average Bonchev–Trinajstić information content (AvgIpc) is 2.57. The van der Waals surface area contributed by atoms with E-state index in [1.54, 1.807) is 0 Å². The highest BCUT2D eigenvalue weighted by Gasteiger charge is 2.34. The van der Waals surface area contributed by atoms with Crippen LogP contribution in [0.5, 0.6) is 0 Å². The number of likely N-dealkylation sites (tertiary alicyclic amines) is 1. The molecule has 1 fully saturated rings. The standard InChI is InChI=1S/C12H24N2O2/c1-8(7-15)13-12(16)11(4)14-9(2)5-6-10(14)3/h8-11,15H,5-7H2,1-4H3,(H,13,16). The second-order valence-corrected chi connectivity index (χ2v) is 4.99. The summed E-state index contributed by atoms with van der Waals surface area (Å²) in [7, 11) is 0.